The van der Waals surface area contributed by atoms with Crippen molar-refractivity contribution in [2.45, 2.75) is 24.1 Å². The third-order valence-electron chi connectivity index (χ3n) is 3.23. The van der Waals surface area contributed by atoms with Gasteiger partial charge < -0.3 is 16.2 Å². The zero-order valence-corrected chi connectivity index (χ0v) is 12.2. The molecule has 0 aliphatic carbocycles. The predicted molar refractivity (Wildman–Crippen MR) is 80.0 cm³/mol. The lowest BCUT2D eigenvalue weighted by Crippen LogP contribution is -2.53. The van der Waals surface area contributed by atoms with Crippen molar-refractivity contribution in [1.29, 1.82) is 0 Å². The number of benzene rings is 1. The van der Waals surface area contributed by atoms with E-state index in [1.165, 1.54) is 0 Å². The van der Waals surface area contributed by atoms with E-state index in [9.17, 15) is 4.79 Å². The summed E-state index contributed by atoms with van der Waals surface area (Å²) in [6.07, 6.45) is 0.706. The van der Waals surface area contributed by atoms with Gasteiger partial charge in [-0.3, -0.25) is 4.79 Å². The molecule has 0 radical (unpaired) electrons. The summed E-state index contributed by atoms with van der Waals surface area (Å²) in [4.78, 5) is 11.9. The van der Waals surface area contributed by atoms with Gasteiger partial charge in [-0.2, -0.15) is 11.8 Å². The van der Waals surface area contributed by atoms with Crippen LogP contribution in [0.15, 0.2) is 30.3 Å². The largest absolute Gasteiger partial charge is 0.396 e. The second-order valence-electron chi connectivity index (χ2n) is 4.52. The van der Waals surface area contributed by atoms with E-state index in [2.05, 4.69) is 5.32 Å². The van der Waals surface area contributed by atoms with Crippen molar-refractivity contribution in [3.8, 4) is 0 Å². The Morgan fingerprint density at radius 3 is 2.58 bits per heavy atom. The van der Waals surface area contributed by atoms with Crippen molar-refractivity contribution in [2.75, 3.05) is 19.4 Å². The Balaban J connectivity index is 2.91. The molecule has 2 unspecified atom stereocenters. The lowest BCUT2D eigenvalue weighted by molar-refractivity contribution is -0.123. The predicted octanol–water partition coefficient (Wildman–Crippen LogP) is 1.09. The van der Waals surface area contributed by atoms with Crippen LogP contribution in [0.3, 0.4) is 0 Å². The molecule has 1 amide bonds. The maximum atomic E-state index is 11.9. The van der Waals surface area contributed by atoms with Crippen molar-refractivity contribution >= 4 is 17.7 Å². The van der Waals surface area contributed by atoms with E-state index in [0.717, 1.165) is 5.56 Å². The van der Waals surface area contributed by atoms with E-state index in [4.69, 9.17) is 10.8 Å². The summed E-state index contributed by atoms with van der Waals surface area (Å²) in [5.41, 5.74) is 5.61. The second kappa shape index (κ2) is 7.53. The Bertz CT molecular complexity index is 400. The van der Waals surface area contributed by atoms with E-state index in [-0.39, 0.29) is 17.8 Å². The fraction of sp³-hybridized carbons (Fsp3) is 0.500. The van der Waals surface area contributed by atoms with Crippen LogP contribution in [0.5, 0.6) is 0 Å². The quantitative estimate of drug-likeness (QED) is 0.667. The molecule has 0 saturated heterocycles. The van der Waals surface area contributed by atoms with Gasteiger partial charge in [0, 0.05) is 17.6 Å². The number of aliphatic hydroxyl groups excluding tert-OH is 1. The number of nitrogens with two attached hydrogens (primary N) is 1. The van der Waals surface area contributed by atoms with Gasteiger partial charge in [0.15, 0.2) is 0 Å². The number of carbonyl (C=O) groups excluding carboxylic acids is 1. The van der Waals surface area contributed by atoms with Gasteiger partial charge in [-0.15, -0.1) is 0 Å². The van der Waals surface area contributed by atoms with E-state index >= 15 is 0 Å². The highest BCUT2D eigenvalue weighted by atomic mass is 32.2. The molecule has 106 valence electrons. The van der Waals surface area contributed by atoms with Crippen LogP contribution >= 0.6 is 11.8 Å². The summed E-state index contributed by atoms with van der Waals surface area (Å²) in [5.74, 6) is 0.161. The van der Waals surface area contributed by atoms with Crippen molar-refractivity contribution in [2.24, 2.45) is 5.73 Å². The molecule has 4 nitrogen and oxygen atoms in total. The first kappa shape index (κ1) is 16.0. The molecule has 2 atom stereocenters. The molecule has 0 aromatic heterocycles. The number of thioether (sulfide) groups is 1. The Hall–Kier alpha value is -1.04. The van der Waals surface area contributed by atoms with Gasteiger partial charge in [0.2, 0.25) is 5.91 Å². The number of amides is 1. The van der Waals surface area contributed by atoms with Crippen LogP contribution in [0.1, 0.15) is 18.9 Å². The van der Waals surface area contributed by atoms with Gasteiger partial charge in [0.25, 0.3) is 0 Å². The normalized spacial score (nSPS) is 15.7. The molecule has 0 aliphatic rings. The molecule has 19 heavy (non-hydrogen) atoms. The number of aliphatic hydroxyl groups is 1. The van der Waals surface area contributed by atoms with Crippen LogP contribution in [0.25, 0.3) is 0 Å². The number of rotatable bonds is 8. The number of likely N-dealkylation sites (N-methyl/N-ethyl adjacent to an activating group) is 1. The van der Waals surface area contributed by atoms with Crippen molar-refractivity contribution in [3.63, 3.8) is 0 Å². The highest BCUT2D eigenvalue weighted by Gasteiger charge is 2.37. The van der Waals surface area contributed by atoms with Crippen LogP contribution in [0.4, 0.5) is 0 Å². The number of hydrogen-bond donors (Lipinski definition) is 3. The number of carbonyl (C=O) groups is 1. The summed E-state index contributed by atoms with van der Waals surface area (Å²) in [5, 5.41) is 12.3. The van der Waals surface area contributed by atoms with Gasteiger partial charge >= 0.3 is 0 Å². The molecule has 1 rings (SSSR count). The zero-order valence-electron chi connectivity index (χ0n) is 11.4. The average Bonchev–Trinajstić information content (AvgIpc) is 2.41. The Kier molecular flexibility index (Phi) is 6.34. The van der Waals surface area contributed by atoms with E-state index in [1.54, 1.807) is 18.8 Å². The first-order chi connectivity index (χ1) is 9.06. The molecule has 5 heteroatoms. The lowest BCUT2D eigenvalue weighted by atomic mass is 9.91. The summed E-state index contributed by atoms with van der Waals surface area (Å²) in [6.45, 7) is 2.19. The molecular formula is C14H22N2O2S. The molecule has 4 N–H and O–H groups in total. The molecular weight excluding hydrogens is 260 g/mol. The first-order valence-corrected chi connectivity index (χ1v) is 7.38. The molecule has 0 aliphatic heterocycles. The van der Waals surface area contributed by atoms with Gasteiger partial charge in [-0.05, 0) is 19.0 Å². The zero-order chi connectivity index (χ0) is 14.3. The molecule has 0 heterocycles. The first-order valence-electron chi connectivity index (χ1n) is 6.33. The van der Waals surface area contributed by atoms with Gasteiger partial charge in [0.1, 0.15) is 5.54 Å². The fourth-order valence-electron chi connectivity index (χ4n) is 1.89. The van der Waals surface area contributed by atoms with Crippen molar-refractivity contribution in [1.82, 2.24) is 5.32 Å². The van der Waals surface area contributed by atoms with Crippen LogP contribution < -0.4 is 11.1 Å². The fourth-order valence-corrected chi connectivity index (χ4v) is 3.15. The third-order valence-corrected chi connectivity index (χ3v) is 4.64. The SMILES string of the molecule is CNC(CSC(C)CCO)(C(N)=O)c1ccccc1. The average molecular weight is 282 g/mol. The molecule has 0 saturated carbocycles. The van der Waals surface area contributed by atoms with Crippen LogP contribution in [0.2, 0.25) is 0 Å². The standard InChI is InChI=1S/C14H22N2O2S/c1-11(8-9-17)19-10-14(16-2,13(15)18)12-6-4-3-5-7-12/h3-7,11,16-17H,8-10H2,1-2H3,(H2,15,18). The molecule has 0 bridgehead atoms. The Morgan fingerprint density at radius 2 is 2.11 bits per heavy atom. The van der Waals surface area contributed by atoms with E-state index < -0.39 is 5.54 Å². The van der Waals surface area contributed by atoms with Gasteiger partial charge in [-0.25, -0.2) is 0 Å². The van der Waals surface area contributed by atoms with E-state index in [1.807, 2.05) is 37.3 Å². The highest BCUT2D eigenvalue weighted by Crippen LogP contribution is 2.28. The Labute approximate surface area is 118 Å². The minimum absolute atomic E-state index is 0.155. The van der Waals surface area contributed by atoms with Gasteiger partial charge in [0.05, 0.1) is 0 Å². The summed E-state index contributed by atoms with van der Waals surface area (Å²) < 4.78 is 0. The van der Waals surface area contributed by atoms with Crippen LogP contribution in [-0.2, 0) is 10.3 Å². The highest BCUT2D eigenvalue weighted by molar-refractivity contribution is 7.99. The van der Waals surface area contributed by atoms with Crippen molar-refractivity contribution < 1.29 is 9.90 Å². The second-order valence-corrected chi connectivity index (χ2v) is 5.95. The van der Waals surface area contributed by atoms with Crippen LogP contribution in [0, 0.1) is 0 Å². The van der Waals surface area contributed by atoms with Crippen LogP contribution in [-0.4, -0.2) is 35.7 Å². The molecule has 1 aromatic rings. The minimum atomic E-state index is -0.865. The maximum Gasteiger partial charge on any atom is 0.243 e. The topological polar surface area (TPSA) is 75.3 Å². The smallest absolute Gasteiger partial charge is 0.243 e. The van der Waals surface area contributed by atoms with Crippen molar-refractivity contribution in [3.05, 3.63) is 35.9 Å². The Morgan fingerprint density at radius 1 is 1.47 bits per heavy atom. The third kappa shape index (κ3) is 3.96. The molecule has 0 fully saturated rings. The summed E-state index contributed by atoms with van der Waals surface area (Å²) in [6, 6.07) is 9.50. The monoisotopic (exact) mass is 282 g/mol. The summed E-state index contributed by atoms with van der Waals surface area (Å²) >= 11 is 1.63. The van der Waals surface area contributed by atoms with Gasteiger partial charge in [-0.1, -0.05) is 37.3 Å². The van der Waals surface area contributed by atoms with E-state index in [0.29, 0.717) is 12.2 Å². The number of nitrogens with one attached hydrogen (secondary N) is 1. The lowest BCUT2D eigenvalue weighted by Gasteiger charge is -2.31. The minimum Gasteiger partial charge on any atom is -0.396 e. The molecule has 0 spiro atoms. The summed E-state index contributed by atoms with van der Waals surface area (Å²) in [7, 11) is 1.75. The number of hydrogen-bond acceptors (Lipinski definition) is 4. The number of primary amides is 1. The maximum absolute atomic E-state index is 11.9. The molecule has 1 aromatic carbocycles.